The van der Waals surface area contributed by atoms with Crippen molar-refractivity contribution in [3.8, 4) is 0 Å². The van der Waals surface area contributed by atoms with Crippen molar-refractivity contribution in [1.29, 1.82) is 0 Å². The molecule has 0 aliphatic heterocycles. The Hall–Kier alpha value is -1.20. The van der Waals surface area contributed by atoms with E-state index in [1.54, 1.807) is 17.7 Å². The van der Waals surface area contributed by atoms with Crippen LogP contribution >= 0.6 is 15.9 Å². The molecule has 5 heteroatoms. The summed E-state index contributed by atoms with van der Waals surface area (Å²) >= 11 is 3.11. The number of rotatable bonds is 3. The van der Waals surface area contributed by atoms with Gasteiger partial charge in [-0.25, -0.2) is 4.39 Å². The summed E-state index contributed by atoms with van der Waals surface area (Å²) in [4.78, 5) is 12.2. The summed E-state index contributed by atoms with van der Waals surface area (Å²) in [6, 6.07) is 2.65. The van der Waals surface area contributed by atoms with Crippen molar-refractivity contribution in [2.75, 3.05) is 6.61 Å². The zero-order valence-electron chi connectivity index (χ0n) is 11.7. The quantitative estimate of drug-likeness (QED) is 0.929. The molecule has 0 aliphatic rings. The van der Waals surface area contributed by atoms with Crippen molar-refractivity contribution in [2.45, 2.75) is 26.8 Å². The molecule has 0 saturated carbocycles. The van der Waals surface area contributed by atoms with E-state index in [0.29, 0.717) is 16.5 Å². The molecule has 108 valence electrons. The molecule has 1 heterocycles. The van der Waals surface area contributed by atoms with Gasteiger partial charge in [0.2, 0.25) is 0 Å². The largest absolute Gasteiger partial charge is 0.394 e. The lowest BCUT2D eigenvalue weighted by Gasteiger charge is -2.24. The molecule has 0 unspecified atom stereocenters. The number of aliphatic hydroxyl groups excluding tert-OH is 1. The Balaban J connectivity index is 2.88. The van der Waals surface area contributed by atoms with Crippen molar-refractivity contribution in [1.82, 2.24) is 4.57 Å². The molecule has 0 bridgehead atoms. The van der Waals surface area contributed by atoms with Gasteiger partial charge in [0.1, 0.15) is 5.82 Å². The van der Waals surface area contributed by atoms with Crippen molar-refractivity contribution in [3.05, 3.63) is 44.4 Å². The number of fused-ring (bicyclic) bond motifs is 1. The number of aryl methyl sites for hydroxylation is 1. The number of pyridine rings is 1. The number of benzene rings is 1. The van der Waals surface area contributed by atoms with Gasteiger partial charge < -0.3 is 9.67 Å². The minimum atomic E-state index is -0.421. The molecule has 0 saturated heterocycles. The van der Waals surface area contributed by atoms with Crippen LogP contribution in [-0.4, -0.2) is 16.3 Å². The SMILES string of the molecule is Cc1cn([C@H](CO)C(C)C)c2cc(F)c(Br)cc2c1=O. The van der Waals surface area contributed by atoms with Gasteiger partial charge in [0.05, 0.1) is 22.6 Å². The second-order valence-electron chi connectivity index (χ2n) is 5.33. The van der Waals surface area contributed by atoms with Gasteiger partial charge in [0.25, 0.3) is 0 Å². The van der Waals surface area contributed by atoms with Crippen molar-refractivity contribution in [2.24, 2.45) is 5.92 Å². The minimum absolute atomic E-state index is 0.0627. The standard InChI is InChI=1S/C15H17BrFNO2/c1-8(2)14(7-19)18-6-9(3)15(20)10-4-11(16)12(17)5-13(10)18/h4-6,8,14,19H,7H2,1-3H3/t14-/m1/s1. The van der Waals surface area contributed by atoms with Crippen molar-refractivity contribution in [3.63, 3.8) is 0 Å². The fourth-order valence-electron chi connectivity index (χ4n) is 2.38. The van der Waals surface area contributed by atoms with Gasteiger partial charge >= 0.3 is 0 Å². The number of hydrogen-bond donors (Lipinski definition) is 1. The van der Waals surface area contributed by atoms with Gasteiger partial charge in [0, 0.05) is 17.1 Å². The summed E-state index contributed by atoms with van der Waals surface area (Å²) in [5.41, 5.74) is 0.974. The first kappa shape index (κ1) is 15.2. The number of nitrogens with zero attached hydrogens (tertiary/aromatic N) is 1. The van der Waals surface area contributed by atoms with Gasteiger partial charge in [-0.15, -0.1) is 0 Å². The third-order valence-electron chi connectivity index (χ3n) is 3.57. The Morgan fingerprint density at radius 2 is 2.05 bits per heavy atom. The molecule has 1 atom stereocenters. The molecule has 0 amide bonds. The monoisotopic (exact) mass is 341 g/mol. The highest BCUT2D eigenvalue weighted by Crippen LogP contribution is 2.26. The van der Waals surface area contributed by atoms with Crippen LogP contribution in [0.15, 0.2) is 27.6 Å². The fourth-order valence-corrected chi connectivity index (χ4v) is 2.72. The maximum absolute atomic E-state index is 13.8. The summed E-state index contributed by atoms with van der Waals surface area (Å²) < 4.78 is 15.9. The molecule has 1 aromatic heterocycles. The normalized spacial score (nSPS) is 13.2. The van der Waals surface area contributed by atoms with Crippen molar-refractivity contribution >= 4 is 26.8 Å². The van der Waals surface area contributed by atoms with Crippen LogP contribution in [0.2, 0.25) is 0 Å². The smallest absolute Gasteiger partial charge is 0.192 e. The lowest BCUT2D eigenvalue weighted by atomic mass is 10.0. The Morgan fingerprint density at radius 3 is 2.60 bits per heavy atom. The van der Waals surface area contributed by atoms with Crippen molar-refractivity contribution < 1.29 is 9.50 Å². The number of aromatic nitrogens is 1. The van der Waals surface area contributed by atoms with Crippen LogP contribution in [0.1, 0.15) is 25.5 Å². The second-order valence-corrected chi connectivity index (χ2v) is 6.18. The van der Waals surface area contributed by atoms with Gasteiger partial charge in [-0.1, -0.05) is 13.8 Å². The lowest BCUT2D eigenvalue weighted by molar-refractivity contribution is 0.195. The predicted molar refractivity (Wildman–Crippen MR) is 81.6 cm³/mol. The molecule has 2 aromatic rings. The molecule has 0 spiro atoms. The Bertz CT molecular complexity index is 709. The average Bonchev–Trinajstić information content (AvgIpc) is 2.38. The van der Waals surface area contributed by atoms with E-state index in [-0.39, 0.29) is 28.5 Å². The summed E-state index contributed by atoms with van der Waals surface area (Å²) in [6.45, 7) is 5.63. The van der Waals surface area contributed by atoms with Crippen LogP contribution in [0.3, 0.4) is 0 Å². The van der Waals surface area contributed by atoms with Crippen LogP contribution in [0.25, 0.3) is 10.9 Å². The molecule has 0 aliphatic carbocycles. The average molecular weight is 342 g/mol. The first-order chi connectivity index (χ1) is 9.36. The van der Waals surface area contributed by atoms with Gasteiger partial charge in [-0.05, 0) is 40.9 Å². The van der Waals surface area contributed by atoms with E-state index in [9.17, 15) is 14.3 Å². The highest BCUT2D eigenvalue weighted by molar-refractivity contribution is 9.10. The predicted octanol–water partition coefficient (Wildman–Crippen LogP) is 3.40. The van der Waals surface area contributed by atoms with E-state index in [1.807, 2.05) is 13.8 Å². The van der Waals surface area contributed by atoms with Crippen LogP contribution in [0.5, 0.6) is 0 Å². The lowest BCUT2D eigenvalue weighted by Crippen LogP contribution is -2.23. The maximum Gasteiger partial charge on any atom is 0.192 e. The molecule has 0 radical (unpaired) electrons. The highest BCUT2D eigenvalue weighted by Gasteiger charge is 2.18. The first-order valence-electron chi connectivity index (χ1n) is 6.48. The third-order valence-corrected chi connectivity index (χ3v) is 4.17. The molecular formula is C15H17BrFNO2. The van der Waals surface area contributed by atoms with E-state index < -0.39 is 5.82 Å². The fraction of sp³-hybridized carbons (Fsp3) is 0.400. The minimum Gasteiger partial charge on any atom is -0.394 e. The van der Waals surface area contributed by atoms with Crippen LogP contribution < -0.4 is 5.43 Å². The zero-order chi connectivity index (χ0) is 15.0. The van der Waals surface area contributed by atoms with E-state index in [2.05, 4.69) is 15.9 Å². The van der Waals surface area contributed by atoms with Gasteiger partial charge in [0.15, 0.2) is 5.43 Å². The van der Waals surface area contributed by atoms with E-state index in [1.165, 1.54) is 12.1 Å². The number of hydrogen-bond acceptors (Lipinski definition) is 2. The van der Waals surface area contributed by atoms with Crippen LogP contribution in [0, 0.1) is 18.7 Å². The topological polar surface area (TPSA) is 42.2 Å². The molecule has 1 aromatic carbocycles. The number of aliphatic hydroxyl groups is 1. The van der Waals surface area contributed by atoms with E-state index in [4.69, 9.17) is 0 Å². The van der Waals surface area contributed by atoms with E-state index in [0.717, 1.165) is 0 Å². The third kappa shape index (κ3) is 2.52. The van der Waals surface area contributed by atoms with Gasteiger partial charge in [-0.3, -0.25) is 4.79 Å². The zero-order valence-corrected chi connectivity index (χ0v) is 13.2. The Morgan fingerprint density at radius 1 is 1.40 bits per heavy atom. The first-order valence-corrected chi connectivity index (χ1v) is 7.27. The van der Waals surface area contributed by atoms with Crippen LogP contribution in [-0.2, 0) is 0 Å². The summed E-state index contributed by atoms with van der Waals surface area (Å²) in [5.74, 6) is -0.258. The molecular weight excluding hydrogens is 325 g/mol. The molecule has 20 heavy (non-hydrogen) atoms. The molecule has 2 rings (SSSR count). The van der Waals surface area contributed by atoms with Crippen LogP contribution in [0.4, 0.5) is 4.39 Å². The summed E-state index contributed by atoms with van der Waals surface area (Å²) in [7, 11) is 0. The Kier molecular flexibility index (Phi) is 4.30. The summed E-state index contributed by atoms with van der Waals surface area (Å²) in [5, 5.41) is 10.0. The molecule has 3 nitrogen and oxygen atoms in total. The Labute approximate surface area is 125 Å². The van der Waals surface area contributed by atoms with Gasteiger partial charge in [-0.2, -0.15) is 0 Å². The molecule has 0 fully saturated rings. The highest BCUT2D eigenvalue weighted by atomic mass is 79.9. The van der Waals surface area contributed by atoms with E-state index >= 15 is 0 Å². The molecule has 1 N–H and O–H groups in total. The maximum atomic E-state index is 13.8. The number of halogens is 2. The second kappa shape index (κ2) is 5.66. The summed E-state index contributed by atoms with van der Waals surface area (Å²) in [6.07, 6.45) is 1.69.